The van der Waals surface area contributed by atoms with E-state index < -0.39 is 5.97 Å². The summed E-state index contributed by atoms with van der Waals surface area (Å²) in [5.41, 5.74) is 0. The molecule has 0 aliphatic heterocycles. The van der Waals surface area contributed by atoms with Gasteiger partial charge in [0, 0.05) is 6.42 Å². The third kappa shape index (κ3) is 19.1. The topological polar surface area (TPSA) is 57.5 Å². The van der Waals surface area contributed by atoms with Crippen molar-refractivity contribution in [2.24, 2.45) is 0 Å². The standard InChI is InChI=1S/C20H38O3/c1-2-3-4-13-16-19(21)17-14-11-9-7-5-6-8-10-12-15-18-20(22)23/h11,14,19,21H,2-10,12-13,15-18H2,1H3,(H,22,23). The second-order valence-electron chi connectivity index (χ2n) is 6.62. The molecule has 1 unspecified atom stereocenters. The molecule has 1 atom stereocenters. The highest BCUT2D eigenvalue weighted by Gasteiger charge is 2.00. The molecule has 23 heavy (non-hydrogen) atoms. The van der Waals surface area contributed by atoms with E-state index in [0.29, 0.717) is 6.42 Å². The Labute approximate surface area is 143 Å². The lowest BCUT2D eigenvalue weighted by Gasteiger charge is -2.07. The summed E-state index contributed by atoms with van der Waals surface area (Å²) in [6, 6.07) is 0. The third-order valence-electron chi connectivity index (χ3n) is 4.23. The molecular weight excluding hydrogens is 288 g/mol. The summed E-state index contributed by atoms with van der Waals surface area (Å²) in [5, 5.41) is 18.4. The largest absolute Gasteiger partial charge is 0.481 e. The van der Waals surface area contributed by atoms with Crippen LogP contribution in [0.4, 0.5) is 0 Å². The van der Waals surface area contributed by atoms with E-state index in [0.717, 1.165) is 44.9 Å². The lowest BCUT2D eigenvalue weighted by Crippen LogP contribution is -2.04. The zero-order chi connectivity index (χ0) is 17.2. The van der Waals surface area contributed by atoms with E-state index in [1.165, 1.54) is 44.9 Å². The van der Waals surface area contributed by atoms with Gasteiger partial charge in [-0.3, -0.25) is 4.79 Å². The second kappa shape index (κ2) is 17.5. The first-order valence-electron chi connectivity index (χ1n) is 9.71. The van der Waals surface area contributed by atoms with Gasteiger partial charge in [0.25, 0.3) is 0 Å². The number of aliphatic hydroxyl groups excluding tert-OH is 1. The number of hydrogen-bond acceptors (Lipinski definition) is 2. The van der Waals surface area contributed by atoms with Crippen LogP contribution in [0.1, 0.15) is 103 Å². The van der Waals surface area contributed by atoms with E-state index in [1.807, 2.05) is 0 Å². The van der Waals surface area contributed by atoms with Gasteiger partial charge in [0.05, 0.1) is 6.10 Å². The Kier molecular flexibility index (Phi) is 16.9. The van der Waals surface area contributed by atoms with E-state index in [2.05, 4.69) is 19.1 Å². The minimum atomic E-state index is -0.678. The highest BCUT2D eigenvalue weighted by molar-refractivity contribution is 5.66. The van der Waals surface area contributed by atoms with Gasteiger partial charge in [-0.25, -0.2) is 0 Å². The monoisotopic (exact) mass is 326 g/mol. The molecule has 0 spiro atoms. The minimum Gasteiger partial charge on any atom is -0.481 e. The van der Waals surface area contributed by atoms with Crippen LogP contribution in [0.25, 0.3) is 0 Å². The first kappa shape index (κ1) is 22.2. The number of unbranched alkanes of at least 4 members (excludes halogenated alkanes) is 10. The summed E-state index contributed by atoms with van der Waals surface area (Å²) in [5.74, 6) is -0.678. The van der Waals surface area contributed by atoms with Crippen molar-refractivity contribution in [1.29, 1.82) is 0 Å². The average molecular weight is 327 g/mol. The Morgan fingerprint density at radius 2 is 1.48 bits per heavy atom. The number of hydrogen-bond donors (Lipinski definition) is 2. The quantitative estimate of drug-likeness (QED) is 0.260. The van der Waals surface area contributed by atoms with Gasteiger partial charge in [-0.15, -0.1) is 0 Å². The molecule has 0 aromatic carbocycles. The van der Waals surface area contributed by atoms with Gasteiger partial charge in [-0.2, -0.15) is 0 Å². The van der Waals surface area contributed by atoms with E-state index in [-0.39, 0.29) is 6.10 Å². The fourth-order valence-electron chi connectivity index (χ4n) is 2.72. The van der Waals surface area contributed by atoms with E-state index in [1.54, 1.807) is 0 Å². The van der Waals surface area contributed by atoms with Crippen LogP contribution in [0.2, 0.25) is 0 Å². The Morgan fingerprint density at radius 3 is 2.13 bits per heavy atom. The molecule has 0 aromatic rings. The van der Waals surface area contributed by atoms with Crippen molar-refractivity contribution in [2.45, 2.75) is 109 Å². The fraction of sp³-hybridized carbons (Fsp3) is 0.850. The lowest BCUT2D eigenvalue weighted by atomic mass is 10.1. The smallest absolute Gasteiger partial charge is 0.303 e. The van der Waals surface area contributed by atoms with Crippen LogP contribution in [0.3, 0.4) is 0 Å². The van der Waals surface area contributed by atoms with Crippen molar-refractivity contribution in [3.05, 3.63) is 12.2 Å². The molecule has 3 heteroatoms. The van der Waals surface area contributed by atoms with Crippen molar-refractivity contribution < 1.29 is 15.0 Å². The summed E-state index contributed by atoms with van der Waals surface area (Å²) in [6.07, 6.45) is 20.2. The summed E-state index contributed by atoms with van der Waals surface area (Å²) in [4.78, 5) is 10.4. The van der Waals surface area contributed by atoms with Crippen LogP contribution in [-0.4, -0.2) is 22.3 Å². The van der Waals surface area contributed by atoms with Crippen molar-refractivity contribution in [3.63, 3.8) is 0 Å². The van der Waals surface area contributed by atoms with Gasteiger partial charge in [0.2, 0.25) is 0 Å². The number of aliphatic hydroxyl groups is 1. The maximum Gasteiger partial charge on any atom is 0.303 e. The molecule has 0 heterocycles. The average Bonchev–Trinajstić information content (AvgIpc) is 2.52. The summed E-state index contributed by atoms with van der Waals surface area (Å²) in [7, 11) is 0. The Bertz CT molecular complexity index is 287. The zero-order valence-corrected chi connectivity index (χ0v) is 15.1. The number of aliphatic carboxylic acids is 1. The van der Waals surface area contributed by atoms with E-state index in [9.17, 15) is 9.90 Å². The van der Waals surface area contributed by atoms with Crippen molar-refractivity contribution in [2.75, 3.05) is 0 Å². The number of carbonyl (C=O) groups is 1. The summed E-state index contributed by atoms with van der Waals surface area (Å²) >= 11 is 0. The first-order valence-corrected chi connectivity index (χ1v) is 9.71. The molecule has 0 aromatic heterocycles. The highest BCUT2D eigenvalue weighted by Crippen LogP contribution is 2.11. The van der Waals surface area contributed by atoms with Crippen LogP contribution >= 0.6 is 0 Å². The van der Waals surface area contributed by atoms with Crippen LogP contribution in [0.5, 0.6) is 0 Å². The molecule has 0 radical (unpaired) electrons. The normalized spacial score (nSPS) is 12.8. The minimum absolute atomic E-state index is 0.158. The van der Waals surface area contributed by atoms with Crippen LogP contribution in [-0.2, 0) is 4.79 Å². The number of carboxylic acids is 1. The molecular formula is C20H38O3. The second-order valence-corrected chi connectivity index (χ2v) is 6.62. The van der Waals surface area contributed by atoms with Crippen LogP contribution in [0.15, 0.2) is 12.2 Å². The molecule has 0 fully saturated rings. The molecule has 0 bridgehead atoms. The molecule has 0 amide bonds. The van der Waals surface area contributed by atoms with Crippen molar-refractivity contribution in [3.8, 4) is 0 Å². The molecule has 136 valence electrons. The summed E-state index contributed by atoms with van der Waals surface area (Å²) in [6.45, 7) is 2.21. The van der Waals surface area contributed by atoms with Gasteiger partial charge >= 0.3 is 5.97 Å². The van der Waals surface area contributed by atoms with Crippen molar-refractivity contribution in [1.82, 2.24) is 0 Å². The number of rotatable bonds is 17. The van der Waals surface area contributed by atoms with E-state index in [4.69, 9.17) is 5.11 Å². The molecule has 2 N–H and O–H groups in total. The molecule has 0 saturated heterocycles. The SMILES string of the molecule is CCCCCCC(O)CC=CCCCCCCCCCC(=O)O. The fourth-order valence-corrected chi connectivity index (χ4v) is 2.72. The van der Waals surface area contributed by atoms with Crippen molar-refractivity contribution >= 4 is 5.97 Å². The number of allylic oxidation sites excluding steroid dienone is 1. The highest BCUT2D eigenvalue weighted by atomic mass is 16.4. The Balaban J connectivity index is 3.23. The lowest BCUT2D eigenvalue weighted by molar-refractivity contribution is -0.137. The van der Waals surface area contributed by atoms with Gasteiger partial charge in [-0.05, 0) is 32.1 Å². The Morgan fingerprint density at radius 1 is 0.870 bits per heavy atom. The molecule has 0 aliphatic carbocycles. The predicted octanol–water partition coefficient (Wildman–Crippen LogP) is 5.86. The van der Waals surface area contributed by atoms with Gasteiger partial charge in [0.15, 0.2) is 0 Å². The van der Waals surface area contributed by atoms with Crippen LogP contribution < -0.4 is 0 Å². The maximum atomic E-state index is 10.4. The number of carboxylic acid groups (broad SMARTS) is 1. The summed E-state index contributed by atoms with van der Waals surface area (Å²) < 4.78 is 0. The molecule has 0 aliphatic rings. The van der Waals surface area contributed by atoms with Crippen LogP contribution in [0, 0.1) is 0 Å². The molecule has 0 rings (SSSR count). The maximum absolute atomic E-state index is 10.4. The zero-order valence-electron chi connectivity index (χ0n) is 15.1. The van der Waals surface area contributed by atoms with Gasteiger partial charge in [-0.1, -0.05) is 76.9 Å². The van der Waals surface area contributed by atoms with E-state index >= 15 is 0 Å². The molecule has 3 nitrogen and oxygen atoms in total. The predicted molar refractivity (Wildman–Crippen MR) is 97.7 cm³/mol. The first-order chi connectivity index (χ1) is 11.2. The Hall–Kier alpha value is -0.830. The van der Waals surface area contributed by atoms with Gasteiger partial charge in [0.1, 0.15) is 0 Å². The van der Waals surface area contributed by atoms with Gasteiger partial charge < -0.3 is 10.2 Å². The molecule has 0 saturated carbocycles. The third-order valence-corrected chi connectivity index (χ3v) is 4.23.